The summed E-state index contributed by atoms with van der Waals surface area (Å²) in [5, 5.41) is 18.3. The molecule has 2 aromatic rings. The molecule has 1 aromatic heterocycles. The molecule has 0 radical (unpaired) electrons. The van der Waals surface area contributed by atoms with Gasteiger partial charge < -0.3 is 29.6 Å². The van der Waals surface area contributed by atoms with Crippen LogP contribution in [0.1, 0.15) is 33.5 Å². The lowest BCUT2D eigenvalue weighted by Crippen LogP contribution is -2.40. The standard InChI is InChI=1S/C21H26N2O7/c1-4-30-21(28)16-13(2)22-18(17(16)14-5-7-15(29-3)8-6-14)19(26)20(27)23(9-11-24)10-12-25/h5-8,22,24-25H,4,9-12H2,1-3H3. The highest BCUT2D eigenvalue weighted by atomic mass is 16.5. The number of nitrogens with one attached hydrogen (secondary N) is 1. The van der Waals surface area contributed by atoms with Crippen molar-refractivity contribution in [3.05, 3.63) is 41.2 Å². The van der Waals surface area contributed by atoms with Crippen LogP contribution in [0.2, 0.25) is 0 Å². The first kappa shape index (κ1) is 23.1. The number of rotatable bonds is 10. The molecule has 1 heterocycles. The first-order valence-electron chi connectivity index (χ1n) is 9.48. The molecule has 0 aliphatic heterocycles. The quantitative estimate of drug-likeness (QED) is 0.300. The summed E-state index contributed by atoms with van der Waals surface area (Å²) < 4.78 is 10.3. The van der Waals surface area contributed by atoms with Crippen molar-refractivity contribution < 1.29 is 34.1 Å². The summed E-state index contributed by atoms with van der Waals surface area (Å²) in [6.07, 6.45) is 0. The van der Waals surface area contributed by atoms with Gasteiger partial charge in [0, 0.05) is 24.3 Å². The number of aliphatic hydroxyl groups excluding tert-OH is 2. The molecule has 0 atom stereocenters. The molecule has 0 spiro atoms. The maximum Gasteiger partial charge on any atom is 0.340 e. The number of aromatic nitrogens is 1. The number of Topliss-reactive ketones (excluding diaryl/α,β-unsaturated/α-hetero) is 1. The van der Waals surface area contributed by atoms with Crippen LogP contribution < -0.4 is 4.74 Å². The first-order chi connectivity index (χ1) is 14.4. The second kappa shape index (κ2) is 10.6. The average molecular weight is 418 g/mol. The molecule has 0 saturated heterocycles. The number of aliphatic hydroxyl groups is 2. The molecule has 162 valence electrons. The number of methoxy groups -OCH3 is 1. The highest BCUT2D eigenvalue weighted by Gasteiger charge is 2.31. The minimum absolute atomic E-state index is 0.0633. The van der Waals surface area contributed by atoms with Crippen LogP contribution >= 0.6 is 0 Å². The summed E-state index contributed by atoms with van der Waals surface area (Å²) in [5.74, 6) is -1.82. The van der Waals surface area contributed by atoms with Gasteiger partial charge in [-0.1, -0.05) is 12.1 Å². The van der Waals surface area contributed by atoms with Crippen molar-refractivity contribution in [3.63, 3.8) is 0 Å². The first-order valence-corrected chi connectivity index (χ1v) is 9.48. The van der Waals surface area contributed by atoms with Gasteiger partial charge in [-0.05, 0) is 31.5 Å². The van der Waals surface area contributed by atoms with Gasteiger partial charge in [0.25, 0.3) is 11.7 Å². The number of H-pyrrole nitrogens is 1. The van der Waals surface area contributed by atoms with Gasteiger partial charge >= 0.3 is 5.97 Å². The molecule has 0 fully saturated rings. The minimum Gasteiger partial charge on any atom is -0.497 e. The molecule has 0 bridgehead atoms. The summed E-state index contributed by atoms with van der Waals surface area (Å²) in [6, 6.07) is 6.69. The van der Waals surface area contributed by atoms with Crippen molar-refractivity contribution >= 4 is 17.7 Å². The predicted molar refractivity (Wildman–Crippen MR) is 109 cm³/mol. The molecule has 0 aliphatic carbocycles. The second-order valence-corrected chi connectivity index (χ2v) is 6.39. The van der Waals surface area contributed by atoms with E-state index in [1.54, 1.807) is 38.1 Å². The fourth-order valence-electron chi connectivity index (χ4n) is 3.11. The summed E-state index contributed by atoms with van der Waals surface area (Å²) in [5.41, 5.74) is 1.25. The van der Waals surface area contributed by atoms with E-state index in [4.69, 9.17) is 19.7 Å². The lowest BCUT2D eigenvalue weighted by Gasteiger charge is -2.19. The highest BCUT2D eigenvalue weighted by molar-refractivity contribution is 6.43. The second-order valence-electron chi connectivity index (χ2n) is 6.39. The summed E-state index contributed by atoms with van der Waals surface area (Å²) in [4.78, 5) is 42.2. The van der Waals surface area contributed by atoms with Crippen molar-refractivity contribution in [2.45, 2.75) is 13.8 Å². The van der Waals surface area contributed by atoms with Crippen LogP contribution in [0.25, 0.3) is 11.1 Å². The van der Waals surface area contributed by atoms with Crippen LogP contribution in [0.15, 0.2) is 24.3 Å². The Bertz CT molecular complexity index is 897. The average Bonchev–Trinajstić information content (AvgIpc) is 3.09. The lowest BCUT2D eigenvalue weighted by atomic mass is 9.98. The van der Waals surface area contributed by atoms with Gasteiger partial charge in [0.15, 0.2) is 0 Å². The zero-order chi connectivity index (χ0) is 22.3. The number of carbonyl (C=O) groups excluding carboxylic acids is 3. The normalized spacial score (nSPS) is 10.6. The van der Waals surface area contributed by atoms with Crippen LogP contribution in [-0.2, 0) is 9.53 Å². The third-order valence-electron chi connectivity index (χ3n) is 4.49. The summed E-state index contributed by atoms with van der Waals surface area (Å²) in [6.45, 7) is 2.50. The van der Waals surface area contributed by atoms with E-state index >= 15 is 0 Å². The van der Waals surface area contributed by atoms with Crippen LogP contribution in [0.4, 0.5) is 0 Å². The van der Waals surface area contributed by atoms with Gasteiger partial charge in [0.2, 0.25) is 0 Å². The van der Waals surface area contributed by atoms with Crippen LogP contribution in [0.3, 0.4) is 0 Å². The van der Waals surface area contributed by atoms with E-state index in [0.29, 0.717) is 17.0 Å². The van der Waals surface area contributed by atoms with Crippen molar-refractivity contribution in [1.82, 2.24) is 9.88 Å². The molecular formula is C21H26N2O7. The van der Waals surface area contributed by atoms with Crippen LogP contribution in [0, 0.1) is 6.92 Å². The fraction of sp³-hybridized carbons (Fsp3) is 0.381. The number of ketones is 1. The Morgan fingerprint density at radius 2 is 1.67 bits per heavy atom. The molecule has 0 saturated carbocycles. The van der Waals surface area contributed by atoms with Gasteiger partial charge in [0.05, 0.1) is 32.5 Å². The molecule has 1 aromatic carbocycles. The Morgan fingerprint density at radius 3 is 2.17 bits per heavy atom. The van der Waals surface area contributed by atoms with Crippen molar-refractivity contribution in [1.29, 1.82) is 0 Å². The largest absolute Gasteiger partial charge is 0.497 e. The predicted octanol–water partition coefficient (Wildman–Crippen LogP) is 1.17. The van der Waals surface area contributed by atoms with Crippen LogP contribution in [0.5, 0.6) is 5.75 Å². The molecule has 30 heavy (non-hydrogen) atoms. The van der Waals surface area contributed by atoms with Gasteiger partial charge in [-0.25, -0.2) is 4.79 Å². The van der Waals surface area contributed by atoms with Gasteiger partial charge in [-0.15, -0.1) is 0 Å². The Hall–Kier alpha value is -3.17. The van der Waals surface area contributed by atoms with Crippen molar-refractivity contribution in [3.8, 4) is 16.9 Å². The number of carbonyl (C=O) groups is 3. The Labute approximate surface area is 174 Å². The van der Waals surface area contributed by atoms with Crippen molar-refractivity contribution in [2.24, 2.45) is 0 Å². The van der Waals surface area contributed by atoms with E-state index in [9.17, 15) is 14.4 Å². The third-order valence-corrected chi connectivity index (χ3v) is 4.49. The molecule has 3 N–H and O–H groups in total. The number of aromatic amines is 1. The van der Waals surface area contributed by atoms with E-state index in [-0.39, 0.29) is 49.7 Å². The molecule has 0 unspecified atom stereocenters. The molecular weight excluding hydrogens is 392 g/mol. The van der Waals surface area contributed by atoms with Gasteiger partial charge in [-0.3, -0.25) is 9.59 Å². The number of ether oxygens (including phenoxy) is 2. The zero-order valence-corrected chi connectivity index (χ0v) is 17.2. The maximum atomic E-state index is 13.0. The van der Waals surface area contributed by atoms with Crippen molar-refractivity contribution in [2.75, 3.05) is 40.0 Å². The van der Waals surface area contributed by atoms with Crippen LogP contribution in [-0.4, -0.2) is 77.8 Å². The van der Waals surface area contributed by atoms with E-state index in [1.807, 2.05) is 0 Å². The Kier molecular flexibility index (Phi) is 8.14. The van der Waals surface area contributed by atoms with E-state index < -0.39 is 17.7 Å². The Morgan fingerprint density at radius 1 is 1.07 bits per heavy atom. The number of nitrogens with zero attached hydrogens (tertiary/aromatic N) is 1. The summed E-state index contributed by atoms with van der Waals surface area (Å²) >= 11 is 0. The highest BCUT2D eigenvalue weighted by Crippen LogP contribution is 2.33. The third kappa shape index (κ3) is 4.87. The molecule has 2 rings (SSSR count). The number of hydrogen-bond donors (Lipinski definition) is 3. The SMILES string of the molecule is CCOC(=O)c1c(C)[nH]c(C(=O)C(=O)N(CCO)CCO)c1-c1ccc(OC)cc1. The lowest BCUT2D eigenvalue weighted by molar-refractivity contribution is -0.127. The number of hydrogen-bond acceptors (Lipinski definition) is 7. The number of amides is 1. The topological polar surface area (TPSA) is 129 Å². The smallest absolute Gasteiger partial charge is 0.340 e. The van der Waals surface area contributed by atoms with E-state index in [1.165, 1.54) is 7.11 Å². The van der Waals surface area contributed by atoms with Gasteiger partial charge in [0.1, 0.15) is 11.4 Å². The Balaban J connectivity index is 2.60. The number of aryl methyl sites for hydroxylation is 1. The molecule has 9 heteroatoms. The van der Waals surface area contributed by atoms with Gasteiger partial charge in [-0.2, -0.15) is 0 Å². The number of esters is 1. The molecule has 9 nitrogen and oxygen atoms in total. The fourth-order valence-corrected chi connectivity index (χ4v) is 3.11. The molecule has 0 aliphatic rings. The zero-order valence-electron chi connectivity index (χ0n) is 17.2. The van der Waals surface area contributed by atoms with E-state index in [0.717, 1.165) is 4.90 Å². The number of benzene rings is 1. The minimum atomic E-state index is -0.899. The maximum absolute atomic E-state index is 13.0. The molecule has 1 amide bonds. The monoisotopic (exact) mass is 418 g/mol. The summed E-state index contributed by atoms with van der Waals surface area (Å²) in [7, 11) is 1.52. The van der Waals surface area contributed by atoms with E-state index in [2.05, 4.69) is 4.98 Å².